The van der Waals surface area contributed by atoms with Crippen LogP contribution >= 0.6 is 0 Å². The first kappa shape index (κ1) is 12.1. The molecule has 1 aromatic carbocycles. The summed E-state index contributed by atoms with van der Waals surface area (Å²) in [6.07, 6.45) is 2.38. The summed E-state index contributed by atoms with van der Waals surface area (Å²) in [6, 6.07) is 4.69. The third kappa shape index (κ3) is 3.02. The molecule has 0 aromatic heterocycles. The zero-order valence-corrected chi connectivity index (χ0v) is 9.10. The lowest BCUT2D eigenvalue weighted by Crippen LogP contribution is -2.04. The van der Waals surface area contributed by atoms with Crippen LogP contribution in [0.2, 0.25) is 0 Å². The van der Waals surface area contributed by atoms with E-state index in [0.717, 1.165) is 0 Å². The van der Waals surface area contributed by atoms with Crippen molar-refractivity contribution in [2.75, 3.05) is 13.7 Å². The van der Waals surface area contributed by atoms with Crippen molar-refractivity contribution in [1.82, 2.24) is 0 Å². The van der Waals surface area contributed by atoms with Crippen molar-refractivity contribution in [3.63, 3.8) is 0 Å². The van der Waals surface area contributed by atoms with Gasteiger partial charge in [-0.25, -0.2) is 4.79 Å². The van der Waals surface area contributed by atoms with Crippen LogP contribution < -0.4 is 9.47 Å². The summed E-state index contributed by atoms with van der Waals surface area (Å²) in [5.74, 6) is -0.198. The van der Waals surface area contributed by atoms with Gasteiger partial charge in [0.1, 0.15) is 17.1 Å². The van der Waals surface area contributed by atoms with Crippen molar-refractivity contribution in [3.05, 3.63) is 36.4 Å². The van der Waals surface area contributed by atoms with Gasteiger partial charge in [0, 0.05) is 0 Å². The van der Waals surface area contributed by atoms with E-state index in [-0.39, 0.29) is 5.56 Å². The minimum absolute atomic E-state index is 0.100. The van der Waals surface area contributed by atoms with Gasteiger partial charge in [-0.1, -0.05) is 6.08 Å². The number of carboxylic acids is 1. The van der Waals surface area contributed by atoms with Crippen molar-refractivity contribution in [1.29, 1.82) is 0 Å². The molecule has 0 saturated carbocycles. The van der Waals surface area contributed by atoms with Crippen LogP contribution in [0.25, 0.3) is 0 Å². The van der Waals surface area contributed by atoms with E-state index in [1.807, 2.05) is 0 Å². The summed E-state index contributed by atoms with van der Waals surface area (Å²) in [5.41, 5.74) is 0.100. The topological polar surface area (TPSA) is 55.8 Å². The van der Waals surface area contributed by atoms with E-state index in [1.165, 1.54) is 13.2 Å². The molecule has 0 unspecified atom stereocenters. The highest BCUT2D eigenvalue weighted by Crippen LogP contribution is 2.24. The van der Waals surface area contributed by atoms with Gasteiger partial charge in [0.05, 0.1) is 13.7 Å². The summed E-state index contributed by atoms with van der Waals surface area (Å²) in [5, 5.41) is 8.99. The van der Waals surface area contributed by atoms with Crippen LogP contribution in [0.3, 0.4) is 0 Å². The molecule has 1 rings (SSSR count). The summed E-state index contributed by atoms with van der Waals surface area (Å²) in [4.78, 5) is 11.0. The van der Waals surface area contributed by atoms with E-state index >= 15 is 0 Å². The van der Waals surface area contributed by atoms with Gasteiger partial charge in [0.2, 0.25) is 0 Å². The van der Waals surface area contributed by atoms with Crippen LogP contribution in [-0.2, 0) is 0 Å². The number of carbonyl (C=O) groups is 1. The van der Waals surface area contributed by atoms with E-state index in [1.54, 1.807) is 18.2 Å². The largest absolute Gasteiger partial charge is 0.497 e. The Morgan fingerprint density at radius 1 is 1.56 bits per heavy atom. The first-order valence-corrected chi connectivity index (χ1v) is 4.84. The Morgan fingerprint density at radius 2 is 2.31 bits per heavy atom. The van der Waals surface area contributed by atoms with Crippen LogP contribution in [0, 0.1) is 0 Å². The molecule has 4 nitrogen and oxygen atoms in total. The smallest absolute Gasteiger partial charge is 0.339 e. The maximum atomic E-state index is 11.0. The molecule has 0 fully saturated rings. The molecular formula is C12H14O4. The normalized spacial score (nSPS) is 9.56. The Kier molecular flexibility index (Phi) is 4.39. The van der Waals surface area contributed by atoms with Crippen molar-refractivity contribution in [2.24, 2.45) is 0 Å². The van der Waals surface area contributed by atoms with Gasteiger partial charge >= 0.3 is 5.97 Å². The number of hydrogen-bond donors (Lipinski definition) is 1. The molecule has 0 saturated heterocycles. The molecule has 0 heterocycles. The molecule has 0 atom stereocenters. The second-order valence-corrected chi connectivity index (χ2v) is 3.09. The standard InChI is InChI=1S/C12H14O4/c1-3-4-7-16-11-6-5-9(15-2)8-10(11)12(13)14/h3,5-6,8H,1,4,7H2,2H3,(H,13,14). The Balaban J connectivity index is 2.89. The maximum Gasteiger partial charge on any atom is 0.339 e. The summed E-state index contributed by atoms with van der Waals surface area (Å²) >= 11 is 0. The maximum absolute atomic E-state index is 11.0. The van der Waals surface area contributed by atoms with Crippen LogP contribution in [-0.4, -0.2) is 24.8 Å². The lowest BCUT2D eigenvalue weighted by atomic mass is 10.2. The fourth-order valence-corrected chi connectivity index (χ4v) is 1.18. The molecule has 0 aliphatic carbocycles. The lowest BCUT2D eigenvalue weighted by molar-refractivity contribution is 0.0692. The van der Waals surface area contributed by atoms with E-state index in [9.17, 15) is 4.79 Å². The van der Waals surface area contributed by atoms with Crippen LogP contribution in [0.5, 0.6) is 11.5 Å². The average molecular weight is 222 g/mol. The Labute approximate surface area is 94.1 Å². The lowest BCUT2D eigenvalue weighted by Gasteiger charge is -2.09. The van der Waals surface area contributed by atoms with Gasteiger partial charge in [-0.2, -0.15) is 0 Å². The van der Waals surface area contributed by atoms with Crippen molar-refractivity contribution < 1.29 is 19.4 Å². The van der Waals surface area contributed by atoms with Crippen molar-refractivity contribution in [3.8, 4) is 11.5 Å². The second kappa shape index (κ2) is 5.80. The van der Waals surface area contributed by atoms with Gasteiger partial charge in [0.25, 0.3) is 0 Å². The number of ether oxygens (including phenoxy) is 2. The third-order valence-corrected chi connectivity index (χ3v) is 2.00. The molecule has 0 amide bonds. The highest BCUT2D eigenvalue weighted by Gasteiger charge is 2.12. The van der Waals surface area contributed by atoms with Crippen molar-refractivity contribution >= 4 is 5.97 Å². The number of benzene rings is 1. The van der Waals surface area contributed by atoms with Gasteiger partial charge in [-0.05, 0) is 24.6 Å². The van der Waals surface area contributed by atoms with E-state index in [4.69, 9.17) is 14.6 Å². The second-order valence-electron chi connectivity index (χ2n) is 3.09. The Bertz CT molecular complexity index is 385. The molecule has 4 heteroatoms. The third-order valence-electron chi connectivity index (χ3n) is 2.00. The SMILES string of the molecule is C=CCCOc1ccc(OC)cc1C(=O)O. The first-order valence-electron chi connectivity index (χ1n) is 4.84. The van der Waals surface area contributed by atoms with Crippen LogP contribution in [0.15, 0.2) is 30.9 Å². The van der Waals surface area contributed by atoms with E-state index in [0.29, 0.717) is 24.5 Å². The molecule has 0 aliphatic heterocycles. The Hall–Kier alpha value is -1.97. The predicted molar refractivity (Wildman–Crippen MR) is 60.3 cm³/mol. The highest BCUT2D eigenvalue weighted by molar-refractivity contribution is 5.91. The Morgan fingerprint density at radius 3 is 2.88 bits per heavy atom. The van der Waals surface area contributed by atoms with Crippen LogP contribution in [0.1, 0.15) is 16.8 Å². The first-order chi connectivity index (χ1) is 7.69. The van der Waals surface area contributed by atoms with Crippen molar-refractivity contribution in [2.45, 2.75) is 6.42 Å². The summed E-state index contributed by atoms with van der Waals surface area (Å²) < 4.78 is 10.3. The van der Waals surface area contributed by atoms with Crippen LogP contribution in [0.4, 0.5) is 0 Å². The fraction of sp³-hybridized carbons (Fsp3) is 0.250. The molecular weight excluding hydrogens is 208 g/mol. The van der Waals surface area contributed by atoms with Gasteiger partial charge < -0.3 is 14.6 Å². The number of aromatic carboxylic acids is 1. The molecule has 1 aromatic rings. The molecule has 86 valence electrons. The zero-order chi connectivity index (χ0) is 12.0. The molecule has 0 spiro atoms. The van der Waals surface area contributed by atoms with E-state index < -0.39 is 5.97 Å². The van der Waals surface area contributed by atoms with Gasteiger partial charge in [0.15, 0.2) is 0 Å². The minimum atomic E-state index is -1.03. The molecule has 1 N–H and O–H groups in total. The number of methoxy groups -OCH3 is 1. The van der Waals surface area contributed by atoms with Gasteiger partial charge in [-0.3, -0.25) is 0 Å². The fourth-order valence-electron chi connectivity index (χ4n) is 1.18. The summed E-state index contributed by atoms with van der Waals surface area (Å²) in [6.45, 7) is 3.97. The zero-order valence-electron chi connectivity index (χ0n) is 9.10. The van der Waals surface area contributed by atoms with Gasteiger partial charge in [-0.15, -0.1) is 6.58 Å². The molecule has 0 radical (unpaired) electrons. The van der Waals surface area contributed by atoms with E-state index in [2.05, 4.69) is 6.58 Å². The summed E-state index contributed by atoms with van der Waals surface area (Å²) in [7, 11) is 1.49. The quantitative estimate of drug-likeness (QED) is 0.593. The molecule has 16 heavy (non-hydrogen) atoms. The number of carboxylic acid groups (broad SMARTS) is 1. The highest BCUT2D eigenvalue weighted by atomic mass is 16.5. The monoisotopic (exact) mass is 222 g/mol. The minimum Gasteiger partial charge on any atom is -0.497 e. The molecule has 0 bridgehead atoms. The predicted octanol–water partition coefficient (Wildman–Crippen LogP) is 2.35. The average Bonchev–Trinajstić information content (AvgIpc) is 2.29. The number of hydrogen-bond acceptors (Lipinski definition) is 3. The molecule has 0 aliphatic rings. The number of rotatable bonds is 6.